The van der Waals surface area contributed by atoms with Crippen LogP contribution in [0.5, 0.6) is 5.75 Å². The highest BCUT2D eigenvalue weighted by Gasteiger charge is 2.26. The molecular formula is C24H29BrCl2N2O3. The molecule has 0 saturated carbocycles. The molecule has 2 rings (SSSR count). The van der Waals surface area contributed by atoms with Crippen LogP contribution in [-0.2, 0) is 16.1 Å². The molecule has 0 radical (unpaired) electrons. The largest absolute Gasteiger partial charge is 0.484 e. The number of nitrogens with zero attached hydrogens (tertiary/aromatic N) is 1. The van der Waals surface area contributed by atoms with Crippen LogP contribution in [0, 0.1) is 13.8 Å². The molecule has 8 heteroatoms. The summed E-state index contributed by atoms with van der Waals surface area (Å²) in [5.41, 5.74) is 2.81. The van der Waals surface area contributed by atoms with Gasteiger partial charge in [0.2, 0.25) is 5.91 Å². The minimum absolute atomic E-state index is 0.186. The quantitative estimate of drug-likeness (QED) is 0.369. The summed E-state index contributed by atoms with van der Waals surface area (Å²) >= 11 is 15.7. The van der Waals surface area contributed by atoms with Gasteiger partial charge < -0.3 is 15.0 Å². The number of carbonyl (C=O) groups excluding carboxylic acids is 2. The van der Waals surface area contributed by atoms with Gasteiger partial charge in [0, 0.05) is 17.6 Å². The van der Waals surface area contributed by atoms with Crippen molar-refractivity contribution in [2.24, 2.45) is 0 Å². The second kappa shape index (κ2) is 12.5. The number of aryl methyl sites for hydroxylation is 2. The van der Waals surface area contributed by atoms with Gasteiger partial charge in [0.15, 0.2) is 6.61 Å². The van der Waals surface area contributed by atoms with E-state index in [2.05, 4.69) is 28.2 Å². The fourth-order valence-electron chi connectivity index (χ4n) is 3.17. The lowest BCUT2D eigenvalue weighted by atomic mass is 10.1. The Bertz CT molecular complexity index is 945. The predicted molar refractivity (Wildman–Crippen MR) is 134 cm³/mol. The standard InChI is InChI=1S/C24H29BrCl2N2O3/c1-5-6-9-28-24(31)17(4)29(13-18-7-8-20(26)21(27)12-18)22(30)14-32-19-10-15(2)23(25)16(3)11-19/h7-8,10-12,17H,5-6,9,13-14H2,1-4H3,(H,28,31)/t17-/m0/s1. The van der Waals surface area contributed by atoms with E-state index in [4.69, 9.17) is 27.9 Å². The summed E-state index contributed by atoms with van der Waals surface area (Å²) in [4.78, 5) is 27.3. The Kier molecular flexibility index (Phi) is 10.3. The molecule has 0 aromatic heterocycles. The number of halogens is 3. The summed E-state index contributed by atoms with van der Waals surface area (Å²) in [5, 5.41) is 3.72. The van der Waals surface area contributed by atoms with E-state index in [0.29, 0.717) is 22.3 Å². The minimum Gasteiger partial charge on any atom is -0.484 e. The molecule has 0 fully saturated rings. The van der Waals surface area contributed by atoms with Gasteiger partial charge in [-0.25, -0.2) is 0 Å². The Morgan fingerprint density at radius 2 is 1.78 bits per heavy atom. The summed E-state index contributed by atoms with van der Waals surface area (Å²) in [6, 6.07) is 8.24. The van der Waals surface area contributed by atoms with Crippen molar-refractivity contribution in [3.05, 3.63) is 61.5 Å². The number of amides is 2. The van der Waals surface area contributed by atoms with Gasteiger partial charge in [-0.3, -0.25) is 9.59 Å². The number of hydrogen-bond acceptors (Lipinski definition) is 3. The molecular weight excluding hydrogens is 515 g/mol. The molecule has 0 bridgehead atoms. The van der Waals surface area contributed by atoms with Crippen LogP contribution < -0.4 is 10.1 Å². The highest BCUT2D eigenvalue weighted by atomic mass is 79.9. The van der Waals surface area contributed by atoms with Crippen LogP contribution in [0.15, 0.2) is 34.8 Å². The monoisotopic (exact) mass is 542 g/mol. The molecule has 2 aromatic carbocycles. The van der Waals surface area contributed by atoms with Crippen LogP contribution in [0.4, 0.5) is 0 Å². The van der Waals surface area contributed by atoms with Crippen molar-refractivity contribution in [1.29, 1.82) is 0 Å². The number of ether oxygens (including phenoxy) is 1. The SMILES string of the molecule is CCCCNC(=O)[C@H](C)N(Cc1ccc(Cl)c(Cl)c1)C(=O)COc1cc(C)c(Br)c(C)c1. The summed E-state index contributed by atoms with van der Waals surface area (Å²) in [7, 11) is 0. The fourth-order valence-corrected chi connectivity index (χ4v) is 3.72. The van der Waals surface area contributed by atoms with Gasteiger partial charge in [0.05, 0.1) is 10.0 Å². The number of nitrogens with one attached hydrogen (secondary N) is 1. The van der Waals surface area contributed by atoms with Gasteiger partial charge in [0.25, 0.3) is 5.91 Å². The van der Waals surface area contributed by atoms with Crippen molar-refractivity contribution in [3.63, 3.8) is 0 Å². The molecule has 0 spiro atoms. The normalized spacial score (nSPS) is 11.7. The van der Waals surface area contributed by atoms with E-state index in [1.807, 2.05) is 26.0 Å². The Balaban J connectivity index is 2.18. The molecule has 0 aliphatic heterocycles. The summed E-state index contributed by atoms with van der Waals surface area (Å²) in [5.74, 6) is 0.0979. The molecule has 0 unspecified atom stereocenters. The van der Waals surface area contributed by atoms with E-state index in [9.17, 15) is 9.59 Å². The third kappa shape index (κ3) is 7.39. The summed E-state index contributed by atoms with van der Waals surface area (Å²) < 4.78 is 6.79. The molecule has 0 heterocycles. The molecule has 5 nitrogen and oxygen atoms in total. The van der Waals surface area contributed by atoms with Crippen LogP contribution in [0.2, 0.25) is 10.0 Å². The zero-order valence-corrected chi connectivity index (χ0v) is 21.9. The van der Waals surface area contributed by atoms with E-state index in [0.717, 1.165) is 34.0 Å². The maximum absolute atomic E-state index is 13.1. The van der Waals surface area contributed by atoms with Gasteiger partial charge in [-0.1, -0.05) is 58.5 Å². The van der Waals surface area contributed by atoms with Crippen LogP contribution in [0.3, 0.4) is 0 Å². The first-order chi connectivity index (χ1) is 15.1. The van der Waals surface area contributed by atoms with Crippen LogP contribution in [-0.4, -0.2) is 35.9 Å². The fraction of sp³-hybridized carbons (Fsp3) is 0.417. The van der Waals surface area contributed by atoms with E-state index in [1.165, 1.54) is 4.90 Å². The lowest BCUT2D eigenvalue weighted by Gasteiger charge is -2.29. The second-order valence-electron chi connectivity index (χ2n) is 7.75. The van der Waals surface area contributed by atoms with Crippen molar-refractivity contribution in [1.82, 2.24) is 10.2 Å². The number of unbranched alkanes of at least 4 members (excludes halogenated alkanes) is 1. The Morgan fingerprint density at radius 3 is 2.38 bits per heavy atom. The topological polar surface area (TPSA) is 58.6 Å². The van der Waals surface area contributed by atoms with Gasteiger partial charge in [-0.2, -0.15) is 0 Å². The van der Waals surface area contributed by atoms with Crippen molar-refractivity contribution < 1.29 is 14.3 Å². The minimum atomic E-state index is -0.675. The molecule has 174 valence electrons. The highest BCUT2D eigenvalue weighted by molar-refractivity contribution is 9.10. The van der Waals surface area contributed by atoms with Crippen molar-refractivity contribution >= 4 is 50.9 Å². The lowest BCUT2D eigenvalue weighted by molar-refractivity contribution is -0.142. The predicted octanol–water partition coefficient (Wildman–Crippen LogP) is 6.09. The van der Waals surface area contributed by atoms with Crippen LogP contribution in [0.1, 0.15) is 43.4 Å². The molecule has 0 saturated heterocycles. The zero-order valence-electron chi connectivity index (χ0n) is 18.8. The van der Waals surface area contributed by atoms with Crippen LogP contribution in [0.25, 0.3) is 0 Å². The summed E-state index contributed by atoms with van der Waals surface area (Å²) in [6.07, 6.45) is 1.85. The first kappa shape index (κ1) is 26.5. The average Bonchev–Trinajstić information content (AvgIpc) is 2.76. The van der Waals surface area contributed by atoms with Gasteiger partial charge in [-0.05, 0) is 68.1 Å². The Labute approximate surface area is 208 Å². The molecule has 32 heavy (non-hydrogen) atoms. The first-order valence-electron chi connectivity index (χ1n) is 10.5. The molecule has 2 amide bonds. The third-order valence-electron chi connectivity index (χ3n) is 5.11. The van der Waals surface area contributed by atoms with E-state index < -0.39 is 6.04 Å². The molecule has 1 N–H and O–H groups in total. The Hall–Kier alpha value is -1.76. The van der Waals surface area contributed by atoms with E-state index in [-0.39, 0.29) is 25.0 Å². The number of rotatable bonds is 10. The van der Waals surface area contributed by atoms with E-state index >= 15 is 0 Å². The number of carbonyl (C=O) groups is 2. The average molecular weight is 544 g/mol. The third-order valence-corrected chi connectivity index (χ3v) is 7.10. The van der Waals surface area contributed by atoms with Crippen LogP contribution >= 0.6 is 39.1 Å². The smallest absolute Gasteiger partial charge is 0.261 e. The molecule has 0 aliphatic carbocycles. The maximum Gasteiger partial charge on any atom is 0.261 e. The number of hydrogen-bond donors (Lipinski definition) is 1. The lowest BCUT2D eigenvalue weighted by Crippen LogP contribution is -2.49. The van der Waals surface area contributed by atoms with Crippen molar-refractivity contribution in [3.8, 4) is 5.75 Å². The Morgan fingerprint density at radius 1 is 1.12 bits per heavy atom. The van der Waals surface area contributed by atoms with Crippen molar-refractivity contribution in [2.75, 3.05) is 13.2 Å². The van der Waals surface area contributed by atoms with Crippen molar-refractivity contribution in [2.45, 2.75) is 53.1 Å². The maximum atomic E-state index is 13.1. The number of benzene rings is 2. The first-order valence-corrected chi connectivity index (χ1v) is 12.1. The highest BCUT2D eigenvalue weighted by Crippen LogP contribution is 2.27. The summed E-state index contributed by atoms with van der Waals surface area (Å²) in [6.45, 7) is 8.29. The zero-order chi connectivity index (χ0) is 23.8. The van der Waals surface area contributed by atoms with Gasteiger partial charge >= 0.3 is 0 Å². The molecule has 2 aromatic rings. The second-order valence-corrected chi connectivity index (χ2v) is 9.36. The van der Waals surface area contributed by atoms with Gasteiger partial charge in [0.1, 0.15) is 11.8 Å². The molecule has 0 aliphatic rings. The van der Waals surface area contributed by atoms with Gasteiger partial charge in [-0.15, -0.1) is 0 Å². The molecule has 1 atom stereocenters. The van der Waals surface area contributed by atoms with E-state index in [1.54, 1.807) is 25.1 Å².